The van der Waals surface area contributed by atoms with Crippen molar-refractivity contribution in [3.05, 3.63) is 89.6 Å². The number of amides is 1. The summed E-state index contributed by atoms with van der Waals surface area (Å²) >= 11 is 25.8. The molecular weight excluding hydrogens is 645 g/mol. The molecule has 0 aliphatic carbocycles. The van der Waals surface area contributed by atoms with Crippen molar-refractivity contribution >= 4 is 101 Å². The molecular formula is C24H15Br2Cl2NO3S2. The van der Waals surface area contributed by atoms with E-state index in [9.17, 15) is 4.79 Å². The number of thiocarbonyl (C=S) groups is 1. The van der Waals surface area contributed by atoms with Gasteiger partial charge in [0.15, 0.2) is 15.8 Å². The van der Waals surface area contributed by atoms with Crippen LogP contribution in [0.2, 0.25) is 10.0 Å². The maximum atomic E-state index is 13.1. The Morgan fingerprint density at radius 2 is 1.79 bits per heavy atom. The summed E-state index contributed by atoms with van der Waals surface area (Å²) in [6.07, 6.45) is 1.77. The molecule has 3 aromatic carbocycles. The number of anilines is 1. The van der Waals surface area contributed by atoms with Crippen molar-refractivity contribution in [3.63, 3.8) is 0 Å². The largest absolute Gasteiger partial charge is 0.493 e. The maximum Gasteiger partial charge on any atom is 0.270 e. The molecule has 1 fully saturated rings. The molecule has 4 nitrogen and oxygen atoms in total. The number of nitrogens with zero attached hydrogens (tertiary/aromatic N) is 1. The van der Waals surface area contributed by atoms with Gasteiger partial charge in [-0.2, -0.15) is 0 Å². The minimum Gasteiger partial charge on any atom is -0.493 e. The molecule has 1 aliphatic heterocycles. The van der Waals surface area contributed by atoms with E-state index in [1.807, 2.05) is 36.4 Å². The normalized spacial score (nSPS) is 14.7. The first kappa shape index (κ1) is 25.5. The monoisotopic (exact) mass is 657 g/mol. The number of benzene rings is 3. The van der Waals surface area contributed by atoms with E-state index in [2.05, 4.69) is 31.9 Å². The van der Waals surface area contributed by atoms with Crippen LogP contribution in [-0.2, 0) is 11.4 Å². The minimum atomic E-state index is -0.237. The highest BCUT2D eigenvalue weighted by atomic mass is 79.9. The van der Waals surface area contributed by atoms with Crippen LogP contribution in [-0.4, -0.2) is 17.3 Å². The molecule has 0 atom stereocenters. The Balaban J connectivity index is 1.58. The average molecular weight is 660 g/mol. The molecule has 0 bridgehead atoms. The van der Waals surface area contributed by atoms with Crippen LogP contribution in [0.4, 0.5) is 5.69 Å². The summed E-state index contributed by atoms with van der Waals surface area (Å²) in [5, 5.41) is 0.760. The van der Waals surface area contributed by atoms with Gasteiger partial charge in [0.1, 0.15) is 6.61 Å². The first-order chi connectivity index (χ1) is 16.3. The number of hydrogen-bond acceptors (Lipinski definition) is 5. The summed E-state index contributed by atoms with van der Waals surface area (Å²) in [7, 11) is 1.57. The van der Waals surface area contributed by atoms with E-state index >= 15 is 0 Å². The highest BCUT2D eigenvalue weighted by Gasteiger charge is 2.33. The van der Waals surface area contributed by atoms with Crippen molar-refractivity contribution in [1.82, 2.24) is 0 Å². The molecule has 34 heavy (non-hydrogen) atoms. The van der Waals surface area contributed by atoms with Crippen molar-refractivity contribution < 1.29 is 14.3 Å². The molecule has 174 valence electrons. The summed E-state index contributed by atoms with van der Waals surface area (Å²) in [5.74, 6) is 0.877. The van der Waals surface area contributed by atoms with Crippen molar-refractivity contribution in [2.75, 3.05) is 12.0 Å². The lowest BCUT2D eigenvalue weighted by Gasteiger charge is -2.15. The van der Waals surface area contributed by atoms with Gasteiger partial charge in [0.25, 0.3) is 5.91 Å². The molecule has 3 aromatic rings. The van der Waals surface area contributed by atoms with Crippen molar-refractivity contribution in [1.29, 1.82) is 0 Å². The molecule has 1 heterocycles. The number of carbonyl (C=O) groups is 1. The SMILES string of the molecule is COc1cc(/C=C2\SC(=S)N(c3ccc(Cl)c(Cl)c3)C2=O)cc(Br)c1OCc1ccc(Br)cc1. The summed E-state index contributed by atoms with van der Waals surface area (Å²) in [4.78, 5) is 15.0. The third-order valence-electron chi connectivity index (χ3n) is 4.80. The number of carbonyl (C=O) groups excluding carboxylic acids is 1. The zero-order valence-electron chi connectivity index (χ0n) is 17.5. The molecule has 10 heteroatoms. The molecule has 1 amide bonds. The van der Waals surface area contributed by atoms with E-state index in [1.165, 1.54) is 16.7 Å². The fourth-order valence-electron chi connectivity index (χ4n) is 3.17. The summed E-state index contributed by atoms with van der Waals surface area (Å²) in [6, 6.07) is 16.5. The Labute approximate surface area is 233 Å². The van der Waals surface area contributed by atoms with Gasteiger partial charge < -0.3 is 9.47 Å². The number of thioether (sulfide) groups is 1. The van der Waals surface area contributed by atoms with E-state index in [0.717, 1.165) is 15.6 Å². The Hall–Kier alpha value is -1.55. The van der Waals surface area contributed by atoms with E-state index in [4.69, 9.17) is 44.9 Å². The fraction of sp³-hybridized carbons (Fsp3) is 0.0833. The summed E-state index contributed by atoms with van der Waals surface area (Å²) in [6.45, 7) is 0.379. The van der Waals surface area contributed by atoms with Gasteiger partial charge in [0.05, 0.1) is 32.2 Å². The minimum absolute atomic E-state index is 0.237. The van der Waals surface area contributed by atoms with Crippen LogP contribution < -0.4 is 14.4 Å². The average Bonchev–Trinajstić information content (AvgIpc) is 3.08. The Kier molecular flexibility index (Phi) is 8.28. The second kappa shape index (κ2) is 11.0. The van der Waals surface area contributed by atoms with E-state index in [1.54, 1.807) is 31.4 Å². The first-order valence-corrected chi connectivity index (χ1v) is 13.3. The van der Waals surface area contributed by atoms with Gasteiger partial charge in [-0.05, 0) is 75.6 Å². The molecule has 0 N–H and O–H groups in total. The fourth-order valence-corrected chi connectivity index (χ4v) is 5.60. The molecule has 0 radical (unpaired) electrons. The predicted molar refractivity (Wildman–Crippen MR) is 151 cm³/mol. The van der Waals surface area contributed by atoms with Gasteiger partial charge in [0.2, 0.25) is 0 Å². The third kappa shape index (κ3) is 5.64. The molecule has 0 unspecified atom stereocenters. The molecule has 1 aliphatic rings. The van der Waals surface area contributed by atoms with Crippen LogP contribution in [0.1, 0.15) is 11.1 Å². The van der Waals surface area contributed by atoms with Crippen molar-refractivity contribution in [3.8, 4) is 11.5 Å². The van der Waals surface area contributed by atoms with Crippen molar-refractivity contribution in [2.24, 2.45) is 0 Å². The van der Waals surface area contributed by atoms with Gasteiger partial charge in [0, 0.05) is 4.47 Å². The van der Waals surface area contributed by atoms with Crippen molar-refractivity contribution in [2.45, 2.75) is 6.61 Å². The van der Waals surface area contributed by atoms with E-state index in [0.29, 0.717) is 47.5 Å². The zero-order valence-corrected chi connectivity index (χ0v) is 23.8. The second-order valence-corrected chi connectivity index (χ2v) is 11.3. The predicted octanol–water partition coefficient (Wildman–Crippen LogP) is 8.51. The lowest BCUT2D eigenvalue weighted by Crippen LogP contribution is -2.27. The lowest BCUT2D eigenvalue weighted by molar-refractivity contribution is -0.113. The van der Waals surface area contributed by atoms with Crippen LogP contribution in [0.15, 0.2) is 68.4 Å². The van der Waals surface area contributed by atoms with Crippen LogP contribution in [0.5, 0.6) is 11.5 Å². The standard InChI is InChI=1S/C24H15Br2Cl2NO3S2/c1-31-20-9-14(8-17(26)22(20)32-12-13-2-4-15(25)5-3-13)10-21-23(30)29(24(33)34-21)16-6-7-18(27)19(28)11-16/h2-11H,12H2,1H3/b21-10-. The molecule has 4 rings (SSSR count). The Morgan fingerprint density at radius 3 is 2.47 bits per heavy atom. The van der Waals surface area contributed by atoms with Gasteiger partial charge in [-0.1, -0.05) is 75.2 Å². The van der Waals surface area contributed by atoms with Gasteiger partial charge in [-0.15, -0.1) is 0 Å². The molecule has 0 saturated carbocycles. The highest BCUT2D eigenvalue weighted by Crippen LogP contribution is 2.41. The first-order valence-electron chi connectivity index (χ1n) is 9.74. The molecule has 0 aromatic heterocycles. The number of ether oxygens (including phenoxy) is 2. The maximum absolute atomic E-state index is 13.1. The van der Waals surface area contributed by atoms with Crippen LogP contribution in [0.25, 0.3) is 6.08 Å². The van der Waals surface area contributed by atoms with E-state index in [-0.39, 0.29) is 5.91 Å². The smallest absolute Gasteiger partial charge is 0.270 e. The van der Waals surface area contributed by atoms with Crippen LogP contribution in [0, 0.1) is 0 Å². The Morgan fingerprint density at radius 1 is 1.06 bits per heavy atom. The van der Waals surface area contributed by atoms with Gasteiger partial charge in [-0.3, -0.25) is 9.69 Å². The topological polar surface area (TPSA) is 38.8 Å². The number of methoxy groups -OCH3 is 1. The van der Waals surface area contributed by atoms with Gasteiger partial charge >= 0.3 is 0 Å². The lowest BCUT2D eigenvalue weighted by atomic mass is 10.1. The number of hydrogen-bond donors (Lipinski definition) is 0. The zero-order chi connectivity index (χ0) is 24.4. The third-order valence-corrected chi connectivity index (χ3v) is 7.96. The number of rotatable bonds is 6. The molecule has 0 spiro atoms. The quantitative estimate of drug-likeness (QED) is 0.196. The molecule has 1 saturated heterocycles. The van der Waals surface area contributed by atoms with Crippen LogP contribution in [0.3, 0.4) is 0 Å². The highest BCUT2D eigenvalue weighted by molar-refractivity contribution is 9.10. The second-order valence-electron chi connectivity index (χ2n) is 7.06. The summed E-state index contributed by atoms with van der Waals surface area (Å²) < 4.78 is 13.7. The van der Waals surface area contributed by atoms with E-state index < -0.39 is 0 Å². The Bertz CT molecular complexity index is 1320. The number of halogens is 4. The van der Waals surface area contributed by atoms with Gasteiger partial charge in [-0.25, -0.2) is 0 Å². The van der Waals surface area contributed by atoms with Crippen LogP contribution >= 0.6 is 79.0 Å². The summed E-state index contributed by atoms with van der Waals surface area (Å²) in [5.41, 5.74) is 2.34.